The number of hydrogen-bond donors (Lipinski definition) is 1. The molecule has 0 saturated heterocycles. The highest BCUT2D eigenvalue weighted by molar-refractivity contribution is 5.79. The third-order valence-electron chi connectivity index (χ3n) is 1.85. The van der Waals surface area contributed by atoms with Crippen molar-refractivity contribution in [1.82, 2.24) is 0 Å². The van der Waals surface area contributed by atoms with Gasteiger partial charge >= 0.3 is 0 Å². The van der Waals surface area contributed by atoms with Crippen LogP contribution in [0.4, 0.5) is 0 Å². The van der Waals surface area contributed by atoms with Crippen molar-refractivity contribution in [1.29, 1.82) is 0 Å². The molecule has 2 heteroatoms. The van der Waals surface area contributed by atoms with E-state index in [0.29, 0.717) is 11.3 Å². The number of allylic oxidation sites excluding steroid dienone is 5. The molecule has 2 nitrogen and oxygen atoms in total. The first-order valence-corrected chi connectivity index (χ1v) is 3.88. The molecule has 0 spiro atoms. The molecule has 0 unspecified atom stereocenters. The quantitative estimate of drug-likeness (QED) is 0.596. The maximum Gasteiger partial charge on any atom is 0.152 e. The average molecular weight is 163 g/mol. The van der Waals surface area contributed by atoms with E-state index in [2.05, 4.69) is 13.8 Å². The van der Waals surface area contributed by atoms with Gasteiger partial charge in [-0.1, -0.05) is 32.1 Å². The van der Waals surface area contributed by atoms with Gasteiger partial charge in [-0.3, -0.25) is 4.79 Å². The average Bonchev–Trinajstić information content (AvgIpc) is 2.13. The number of hydrogen-bond acceptors (Lipinski definition) is 2. The van der Waals surface area contributed by atoms with E-state index in [4.69, 9.17) is 5.73 Å². The molecule has 1 aliphatic carbocycles. The number of carbonyl (C=O) groups is 1. The van der Waals surface area contributed by atoms with Crippen LogP contribution in [-0.4, -0.2) is 6.29 Å². The monoisotopic (exact) mass is 163 g/mol. The summed E-state index contributed by atoms with van der Waals surface area (Å²) in [7, 11) is 0. The second-order valence-corrected chi connectivity index (χ2v) is 3.52. The van der Waals surface area contributed by atoms with Gasteiger partial charge in [0.25, 0.3) is 0 Å². The van der Waals surface area contributed by atoms with Gasteiger partial charge in [-0.25, -0.2) is 0 Å². The molecule has 0 amide bonds. The molecular weight excluding hydrogens is 150 g/mol. The number of nitrogens with two attached hydrogens (primary N) is 1. The summed E-state index contributed by atoms with van der Waals surface area (Å²) < 4.78 is 0. The first-order valence-electron chi connectivity index (χ1n) is 3.88. The molecule has 64 valence electrons. The first kappa shape index (κ1) is 8.78. The third-order valence-corrected chi connectivity index (χ3v) is 1.85. The molecule has 0 radical (unpaired) electrons. The molecule has 0 atom stereocenters. The predicted molar refractivity (Wildman–Crippen MR) is 49.3 cm³/mol. The first-order chi connectivity index (χ1) is 5.55. The summed E-state index contributed by atoms with van der Waals surface area (Å²) in [6.07, 6.45) is 8.27. The molecule has 1 rings (SSSR count). The predicted octanol–water partition coefficient (Wildman–Crippen LogP) is 1.55. The maximum atomic E-state index is 10.5. The Labute approximate surface area is 72.5 Å². The molecule has 1 aliphatic rings. The zero-order valence-corrected chi connectivity index (χ0v) is 7.37. The van der Waals surface area contributed by atoms with E-state index in [1.165, 1.54) is 0 Å². The highest BCUT2D eigenvalue weighted by Crippen LogP contribution is 2.23. The van der Waals surface area contributed by atoms with Crippen LogP contribution in [0.15, 0.2) is 35.6 Å². The number of rotatable bonds is 1. The van der Waals surface area contributed by atoms with Crippen LogP contribution in [0.2, 0.25) is 0 Å². The van der Waals surface area contributed by atoms with E-state index in [1.54, 1.807) is 12.2 Å². The van der Waals surface area contributed by atoms with E-state index < -0.39 is 0 Å². The highest BCUT2D eigenvalue weighted by atomic mass is 16.1. The van der Waals surface area contributed by atoms with E-state index in [0.717, 1.165) is 6.29 Å². The smallest absolute Gasteiger partial charge is 0.152 e. The fourth-order valence-electron chi connectivity index (χ4n) is 0.964. The van der Waals surface area contributed by atoms with Crippen LogP contribution in [0, 0.1) is 5.41 Å². The minimum absolute atomic E-state index is 0.0185. The number of aldehydes is 1. The largest absolute Gasteiger partial charge is 0.398 e. The maximum absolute atomic E-state index is 10.5. The molecule has 0 bridgehead atoms. The van der Waals surface area contributed by atoms with E-state index in [1.807, 2.05) is 12.2 Å². The van der Waals surface area contributed by atoms with Crippen LogP contribution in [0.5, 0.6) is 0 Å². The summed E-state index contributed by atoms with van der Waals surface area (Å²) in [6, 6.07) is 0. The molecule has 12 heavy (non-hydrogen) atoms. The van der Waals surface area contributed by atoms with Gasteiger partial charge < -0.3 is 5.73 Å². The zero-order chi connectivity index (χ0) is 9.19. The number of carbonyl (C=O) groups excluding carboxylic acids is 1. The highest BCUT2D eigenvalue weighted by Gasteiger charge is 2.12. The molecule has 0 heterocycles. The summed E-state index contributed by atoms with van der Waals surface area (Å²) in [5.74, 6) is 0. The Morgan fingerprint density at radius 2 is 1.92 bits per heavy atom. The second kappa shape index (κ2) is 2.97. The summed E-state index contributed by atoms with van der Waals surface area (Å²) in [5.41, 5.74) is 6.69. The lowest BCUT2D eigenvalue weighted by Crippen LogP contribution is -2.01. The van der Waals surface area contributed by atoms with Crippen LogP contribution < -0.4 is 5.73 Å². The van der Waals surface area contributed by atoms with Crippen LogP contribution in [0.1, 0.15) is 13.8 Å². The minimum Gasteiger partial charge on any atom is -0.398 e. The van der Waals surface area contributed by atoms with Crippen molar-refractivity contribution >= 4 is 6.29 Å². The van der Waals surface area contributed by atoms with Crippen LogP contribution in [0.3, 0.4) is 0 Å². The Bertz CT molecular complexity index is 282. The van der Waals surface area contributed by atoms with Crippen LogP contribution >= 0.6 is 0 Å². The minimum atomic E-state index is -0.0185. The lowest BCUT2D eigenvalue weighted by molar-refractivity contribution is -0.104. The summed E-state index contributed by atoms with van der Waals surface area (Å²) in [5, 5.41) is 0. The van der Waals surface area contributed by atoms with Gasteiger partial charge in [0.05, 0.1) is 0 Å². The Balaban J connectivity index is 3.07. The summed E-state index contributed by atoms with van der Waals surface area (Å²) >= 11 is 0. The molecule has 0 aromatic carbocycles. The lowest BCUT2D eigenvalue weighted by Gasteiger charge is -2.12. The Morgan fingerprint density at radius 3 is 2.50 bits per heavy atom. The molecule has 0 aromatic rings. The summed E-state index contributed by atoms with van der Waals surface area (Å²) in [6.45, 7) is 4.11. The molecule has 0 aliphatic heterocycles. The molecule has 2 N–H and O–H groups in total. The summed E-state index contributed by atoms with van der Waals surface area (Å²) in [4.78, 5) is 10.5. The van der Waals surface area contributed by atoms with Crippen LogP contribution in [0.25, 0.3) is 0 Å². The molecular formula is C10H13NO. The fourth-order valence-corrected chi connectivity index (χ4v) is 0.964. The normalized spacial score (nSPS) is 20.8. The van der Waals surface area contributed by atoms with Crippen molar-refractivity contribution in [2.75, 3.05) is 0 Å². The van der Waals surface area contributed by atoms with Gasteiger partial charge in [0.2, 0.25) is 0 Å². The second-order valence-electron chi connectivity index (χ2n) is 3.52. The van der Waals surface area contributed by atoms with Crippen molar-refractivity contribution in [2.24, 2.45) is 11.1 Å². The van der Waals surface area contributed by atoms with Crippen molar-refractivity contribution in [2.45, 2.75) is 13.8 Å². The van der Waals surface area contributed by atoms with Crippen molar-refractivity contribution in [3.63, 3.8) is 0 Å². The Morgan fingerprint density at radius 1 is 1.33 bits per heavy atom. The van der Waals surface area contributed by atoms with Gasteiger partial charge in [0.1, 0.15) is 0 Å². The standard InChI is InChI=1S/C10H13NO/c1-10(2)5-3-8(7-12)9(11)4-6-10/h3-7H,11H2,1-2H3. The van der Waals surface area contributed by atoms with Gasteiger partial charge in [0.15, 0.2) is 6.29 Å². The topological polar surface area (TPSA) is 43.1 Å². The van der Waals surface area contributed by atoms with E-state index in [9.17, 15) is 4.79 Å². The van der Waals surface area contributed by atoms with E-state index >= 15 is 0 Å². The lowest BCUT2D eigenvalue weighted by atomic mass is 9.93. The SMILES string of the molecule is CC1(C)C=CC(N)=C(C=O)C=C1. The van der Waals surface area contributed by atoms with E-state index in [-0.39, 0.29) is 5.41 Å². The van der Waals surface area contributed by atoms with Gasteiger partial charge in [-0.05, 0) is 6.08 Å². The molecule has 0 aromatic heterocycles. The Hall–Kier alpha value is -1.31. The van der Waals surface area contributed by atoms with Crippen molar-refractivity contribution in [3.8, 4) is 0 Å². The molecule has 0 fully saturated rings. The van der Waals surface area contributed by atoms with Crippen LogP contribution in [-0.2, 0) is 4.79 Å². The Kier molecular flexibility index (Phi) is 2.18. The van der Waals surface area contributed by atoms with Gasteiger partial charge in [0, 0.05) is 16.7 Å². The van der Waals surface area contributed by atoms with Crippen molar-refractivity contribution < 1.29 is 4.79 Å². The van der Waals surface area contributed by atoms with Gasteiger partial charge in [-0.15, -0.1) is 0 Å². The zero-order valence-electron chi connectivity index (χ0n) is 7.37. The van der Waals surface area contributed by atoms with Gasteiger partial charge in [-0.2, -0.15) is 0 Å². The molecule has 0 saturated carbocycles. The van der Waals surface area contributed by atoms with Crippen molar-refractivity contribution in [3.05, 3.63) is 35.6 Å². The third kappa shape index (κ3) is 1.84. The fraction of sp³-hybridized carbons (Fsp3) is 0.300.